The van der Waals surface area contributed by atoms with Gasteiger partial charge in [0.2, 0.25) is 0 Å². The predicted octanol–water partition coefficient (Wildman–Crippen LogP) is 1.64. The van der Waals surface area contributed by atoms with Crippen LogP contribution in [0.15, 0.2) is 40.4 Å². The number of azide groups is 1. The number of aromatic nitrogens is 2. The summed E-state index contributed by atoms with van der Waals surface area (Å²) in [5.74, 6) is 0.0868. The number of rotatable bonds is 1. The van der Waals surface area contributed by atoms with E-state index in [-0.39, 0.29) is 11.4 Å². The maximum atomic E-state index is 11.4. The Hall–Kier alpha value is -2.33. The lowest BCUT2D eigenvalue weighted by Gasteiger charge is -1.98. The summed E-state index contributed by atoms with van der Waals surface area (Å²) in [6.07, 6.45) is 1.60. The molecule has 0 bridgehead atoms. The third-order valence-corrected chi connectivity index (χ3v) is 1.70. The Labute approximate surface area is 78.1 Å². The molecule has 0 N–H and O–H groups in total. The minimum atomic E-state index is -0.266. The summed E-state index contributed by atoms with van der Waals surface area (Å²) in [5, 5.41) is 3.27. The standard InChI is InChI=1S/C8H5N5O/c9-12-11-6-5-8(14)13-4-2-1-3-7(13)10-6/h1-5H. The molecule has 0 saturated carbocycles. The Bertz CT molecular complexity index is 582. The molecule has 14 heavy (non-hydrogen) atoms. The lowest BCUT2D eigenvalue weighted by molar-refractivity contribution is 1.04. The summed E-state index contributed by atoms with van der Waals surface area (Å²) in [5.41, 5.74) is 8.39. The fraction of sp³-hybridized carbons (Fsp3) is 0. The summed E-state index contributed by atoms with van der Waals surface area (Å²) in [4.78, 5) is 18.0. The third kappa shape index (κ3) is 1.30. The molecular formula is C8H5N5O. The third-order valence-electron chi connectivity index (χ3n) is 1.70. The van der Waals surface area contributed by atoms with E-state index in [1.54, 1.807) is 24.4 Å². The minimum Gasteiger partial charge on any atom is -0.269 e. The number of fused-ring (bicyclic) bond motifs is 1. The lowest BCUT2D eigenvalue weighted by atomic mass is 10.4. The predicted molar refractivity (Wildman–Crippen MR) is 50.3 cm³/mol. The minimum absolute atomic E-state index is 0.0868. The molecule has 2 aromatic rings. The van der Waals surface area contributed by atoms with Crippen LogP contribution >= 0.6 is 0 Å². The van der Waals surface area contributed by atoms with Crippen LogP contribution in [0.3, 0.4) is 0 Å². The monoisotopic (exact) mass is 187 g/mol. The van der Waals surface area contributed by atoms with Gasteiger partial charge in [0, 0.05) is 17.2 Å². The molecule has 6 heteroatoms. The Kier molecular flexibility index (Phi) is 1.89. The van der Waals surface area contributed by atoms with E-state index in [2.05, 4.69) is 15.0 Å². The molecule has 0 aliphatic heterocycles. The zero-order valence-corrected chi connectivity index (χ0v) is 7.03. The normalized spacial score (nSPS) is 9.71. The quantitative estimate of drug-likeness (QED) is 0.386. The average Bonchev–Trinajstić information content (AvgIpc) is 2.18. The second-order valence-corrected chi connectivity index (χ2v) is 2.57. The van der Waals surface area contributed by atoms with Crippen LogP contribution in [0.1, 0.15) is 0 Å². The first-order valence-electron chi connectivity index (χ1n) is 3.85. The largest absolute Gasteiger partial charge is 0.269 e. The molecule has 0 amide bonds. The molecule has 0 aliphatic carbocycles. The fourth-order valence-electron chi connectivity index (χ4n) is 1.14. The molecule has 2 heterocycles. The van der Waals surface area contributed by atoms with Gasteiger partial charge in [-0.2, -0.15) is 0 Å². The van der Waals surface area contributed by atoms with E-state index in [9.17, 15) is 4.79 Å². The highest BCUT2D eigenvalue weighted by molar-refractivity contribution is 5.43. The molecule has 0 atom stereocenters. The van der Waals surface area contributed by atoms with Crippen molar-refractivity contribution in [2.45, 2.75) is 0 Å². The zero-order valence-electron chi connectivity index (χ0n) is 7.03. The van der Waals surface area contributed by atoms with Gasteiger partial charge in [-0.3, -0.25) is 9.20 Å². The van der Waals surface area contributed by atoms with Crippen molar-refractivity contribution in [3.8, 4) is 0 Å². The highest BCUT2D eigenvalue weighted by atomic mass is 16.1. The summed E-state index contributed by atoms with van der Waals surface area (Å²) >= 11 is 0. The van der Waals surface area contributed by atoms with E-state index < -0.39 is 0 Å². The topological polar surface area (TPSA) is 83.1 Å². The number of hydrogen-bond donors (Lipinski definition) is 0. The Morgan fingerprint density at radius 1 is 1.50 bits per heavy atom. The van der Waals surface area contributed by atoms with Gasteiger partial charge in [0.15, 0.2) is 0 Å². The average molecular weight is 187 g/mol. The molecule has 0 unspecified atom stereocenters. The summed E-state index contributed by atoms with van der Waals surface area (Å²) in [6, 6.07) is 6.33. The highest BCUT2D eigenvalue weighted by Gasteiger charge is 1.98. The van der Waals surface area contributed by atoms with Gasteiger partial charge in [0.25, 0.3) is 5.56 Å². The summed E-state index contributed by atoms with van der Waals surface area (Å²) in [7, 11) is 0. The summed E-state index contributed by atoms with van der Waals surface area (Å²) in [6.45, 7) is 0. The van der Waals surface area contributed by atoms with Crippen molar-refractivity contribution in [3.05, 3.63) is 51.3 Å². The van der Waals surface area contributed by atoms with Gasteiger partial charge in [-0.05, 0) is 22.8 Å². The molecule has 0 radical (unpaired) electrons. The van der Waals surface area contributed by atoms with E-state index in [0.29, 0.717) is 5.65 Å². The maximum absolute atomic E-state index is 11.4. The Morgan fingerprint density at radius 3 is 3.14 bits per heavy atom. The van der Waals surface area contributed by atoms with Gasteiger partial charge in [-0.25, -0.2) is 4.98 Å². The van der Waals surface area contributed by atoms with Crippen LogP contribution in [-0.2, 0) is 0 Å². The molecule has 2 aromatic heterocycles. The van der Waals surface area contributed by atoms with Crippen molar-refractivity contribution < 1.29 is 0 Å². The second-order valence-electron chi connectivity index (χ2n) is 2.57. The second kappa shape index (κ2) is 3.20. The number of nitrogens with zero attached hydrogens (tertiary/aromatic N) is 5. The first-order chi connectivity index (χ1) is 6.81. The zero-order chi connectivity index (χ0) is 9.97. The number of pyridine rings is 1. The Morgan fingerprint density at radius 2 is 2.36 bits per heavy atom. The molecular weight excluding hydrogens is 182 g/mol. The van der Waals surface area contributed by atoms with Gasteiger partial charge in [-0.1, -0.05) is 6.07 Å². The van der Waals surface area contributed by atoms with Crippen LogP contribution in [0, 0.1) is 0 Å². The summed E-state index contributed by atoms with van der Waals surface area (Å²) < 4.78 is 1.37. The molecule has 68 valence electrons. The molecule has 2 rings (SSSR count). The molecule has 0 aliphatic rings. The smallest absolute Gasteiger partial charge is 0.258 e. The van der Waals surface area contributed by atoms with E-state index in [4.69, 9.17) is 5.53 Å². The highest BCUT2D eigenvalue weighted by Crippen LogP contribution is 2.06. The van der Waals surface area contributed by atoms with Crippen molar-refractivity contribution >= 4 is 11.5 Å². The van der Waals surface area contributed by atoms with E-state index in [1.165, 1.54) is 10.5 Å². The molecule has 0 saturated heterocycles. The van der Waals surface area contributed by atoms with Crippen molar-refractivity contribution in [3.63, 3.8) is 0 Å². The van der Waals surface area contributed by atoms with E-state index >= 15 is 0 Å². The van der Waals surface area contributed by atoms with Crippen LogP contribution in [0.5, 0.6) is 0 Å². The van der Waals surface area contributed by atoms with Gasteiger partial charge in [0.05, 0.1) is 0 Å². The Balaban J connectivity index is 2.85. The SMILES string of the molecule is [N-]=[N+]=Nc1cc(=O)n2ccccc2n1. The first kappa shape index (κ1) is 8.28. The van der Waals surface area contributed by atoms with Gasteiger partial charge < -0.3 is 0 Å². The first-order valence-corrected chi connectivity index (χ1v) is 3.85. The van der Waals surface area contributed by atoms with Crippen LogP contribution in [0.25, 0.3) is 16.1 Å². The van der Waals surface area contributed by atoms with Crippen LogP contribution < -0.4 is 5.56 Å². The van der Waals surface area contributed by atoms with Gasteiger partial charge >= 0.3 is 0 Å². The molecule has 0 spiro atoms. The van der Waals surface area contributed by atoms with Crippen molar-refractivity contribution in [1.29, 1.82) is 0 Å². The van der Waals surface area contributed by atoms with Crippen molar-refractivity contribution in [2.24, 2.45) is 5.11 Å². The molecule has 0 aromatic carbocycles. The van der Waals surface area contributed by atoms with E-state index in [1.807, 2.05) is 0 Å². The lowest BCUT2D eigenvalue weighted by Crippen LogP contribution is -2.12. The van der Waals surface area contributed by atoms with Crippen LogP contribution in [-0.4, -0.2) is 9.38 Å². The van der Waals surface area contributed by atoms with Crippen molar-refractivity contribution in [1.82, 2.24) is 9.38 Å². The van der Waals surface area contributed by atoms with E-state index in [0.717, 1.165) is 0 Å². The van der Waals surface area contributed by atoms with Crippen LogP contribution in [0.4, 0.5) is 5.82 Å². The van der Waals surface area contributed by atoms with Crippen LogP contribution in [0.2, 0.25) is 0 Å². The van der Waals surface area contributed by atoms with Gasteiger partial charge in [-0.15, -0.1) is 0 Å². The maximum Gasteiger partial charge on any atom is 0.258 e. The fourth-order valence-corrected chi connectivity index (χ4v) is 1.14. The van der Waals surface area contributed by atoms with Gasteiger partial charge in [0.1, 0.15) is 11.5 Å². The molecule has 0 fully saturated rings. The molecule has 6 nitrogen and oxygen atoms in total. The van der Waals surface area contributed by atoms with Crippen molar-refractivity contribution in [2.75, 3.05) is 0 Å². The number of hydrogen-bond acceptors (Lipinski definition) is 3.